The van der Waals surface area contributed by atoms with Crippen molar-refractivity contribution in [3.05, 3.63) is 17.5 Å². The normalized spacial score (nSPS) is 16.3. The molecule has 0 aliphatic carbocycles. The Balaban J connectivity index is 0.00000312. The molecule has 26 heavy (non-hydrogen) atoms. The van der Waals surface area contributed by atoms with Crippen LogP contribution in [0.5, 0.6) is 0 Å². The third-order valence-electron chi connectivity index (χ3n) is 3.90. The van der Waals surface area contributed by atoms with Crippen molar-refractivity contribution >= 4 is 30.8 Å². The van der Waals surface area contributed by atoms with Gasteiger partial charge in [-0.05, 0) is 25.8 Å². The summed E-state index contributed by atoms with van der Waals surface area (Å²) in [6.45, 7) is 11.0. The molecule has 1 saturated heterocycles. The second-order valence-corrected chi connectivity index (χ2v) is 7.38. The van der Waals surface area contributed by atoms with Crippen molar-refractivity contribution in [3.63, 3.8) is 0 Å². The van der Waals surface area contributed by atoms with Gasteiger partial charge in [0, 0.05) is 44.0 Å². The summed E-state index contributed by atoms with van der Waals surface area (Å²) in [7, 11) is 0. The average molecular weight is 418 g/mol. The second-order valence-electron chi connectivity index (χ2n) is 7.38. The Kier molecular flexibility index (Phi) is 9.09. The Hall–Kier alpha value is -0.830. The van der Waals surface area contributed by atoms with Gasteiger partial charge in [-0.1, -0.05) is 13.8 Å². The summed E-state index contributed by atoms with van der Waals surface area (Å²) in [6.07, 6.45) is -4.47. The van der Waals surface area contributed by atoms with Crippen LogP contribution in [0.2, 0.25) is 0 Å². The van der Waals surface area contributed by atoms with Gasteiger partial charge in [0.15, 0.2) is 0 Å². The molecule has 2 N–H and O–H groups in total. The lowest BCUT2D eigenvalue weighted by Gasteiger charge is -2.37. The molecule has 1 fully saturated rings. The second kappa shape index (κ2) is 9.39. The first-order valence-corrected chi connectivity index (χ1v) is 8.18. The minimum Gasteiger partial charge on any atom is -0.338 e. The number of aromatic nitrogens is 2. The summed E-state index contributed by atoms with van der Waals surface area (Å²) in [5.74, 6) is 0.0763. The number of rotatable bonds is 4. The van der Waals surface area contributed by atoms with Crippen LogP contribution in [-0.4, -0.2) is 53.1 Å². The molecule has 0 radical (unpaired) electrons. The fourth-order valence-corrected chi connectivity index (χ4v) is 2.72. The highest BCUT2D eigenvalue weighted by molar-refractivity contribution is 5.85. The molecule has 0 saturated carbocycles. The number of halogens is 5. The first-order chi connectivity index (χ1) is 11.0. The van der Waals surface area contributed by atoms with Crippen LogP contribution >= 0.6 is 24.8 Å². The number of anilines is 1. The number of piperazine rings is 1. The van der Waals surface area contributed by atoms with Crippen molar-refractivity contribution < 1.29 is 13.2 Å². The van der Waals surface area contributed by atoms with E-state index in [1.165, 1.54) is 0 Å². The summed E-state index contributed by atoms with van der Waals surface area (Å²) >= 11 is 0. The molecule has 0 bridgehead atoms. The molecular formula is C16H28Cl2F3N5. The van der Waals surface area contributed by atoms with E-state index in [-0.39, 0.29) is 42.2 Å². The first kappa shape index (κ1) is 25.2. The minimum absolute atomic E-state index is 0. The van der Waals surface area contributed by atoms with E-state index in [0.717, 1.165) is 25.7 Å². The molecule has 0 spiro atoms. The van der Waals surface area contributed by atoms with Gasteiger partial charge in [0.2, 0.25) is 5.95 Å². The van der Waals surface area contributed by atoms with Crippen LogP contribution in [0, 0.1) is 0 Å². The quantitative estimate of drug-likeness (QED) is 0.813. The Morgan fingerprint density at radius 3 is 2.04 bits per heavy atom. The Morgan fingerprint density at radius 1 is 1.08 bits per heavy atom. The van der Waals surface area contributed by atoms with Crippen LogP contribution in [0.25, 0.3) is 0 Å². The van der Waals surface area contributed by atoms with Gasteiger partial charge in [-0.3, -0.25) is 4.90 Å². The standard InChI is InChI=1S/C16H26F3N5.2ClH/c1-11(2)12-9-13(16(17,18)19)22-14(21-12)24-7-5-23(6-8-24)10-15(3,4)20;;/h9,11H,5-8,10,20H2,1-4H3;2*1H. The molecule has 2 rings (SSSR count). The molecule has 5 nitrogen and oxygen atoms in total. The third-order valence-corrected chi connectivity index (χ3v) is 3.90. The van der Waals surface area contributed by atoms with E-state index < -0.39 is 11.9 Å². The topological polar surface area (TPSA) is 58.3 Å². The highest BCUT2D eigenvalue weighted by atomic mass is 35.5. The summed E-state index contributed by atoms with van der Waals surface area (Å²) < 4.78 is 39.3. The fraction of sp³-hybridized carbons (Fsp3) is 0.750. The molecule has 1 aromatic rings. The van der Waals surface area contributed by atoms with Gasteiger partial charge in [-0.2, -0.15) is 13.2 Å². The molecule has 0 aromatic carbocycles. The zero-order chi connectivity index (χ0) is 18.1. The van der Waals surface area contributed by atoms with E-state index >= 15 is 0 Å². The predicted octanol–water partition coefficient (Wildman–Crippen LogP) is 3.32. The maximum Gasteiger partial charge on any atom is 0.433 e. The van der Waals surface area contributed by atoms with Crippen LogP contribution in [0.15, 0.2) is 6.07 Å². The fourth-order valence-electron chi connectivity index (χ4n) is 2.72. The molecule has 1 aliphatic rings. The molecular weight excluding hydrogens is 390 g/mol. The van der Waals surface area contributed by atoms with Crippen LogP contribution in [0.4, 0.5) is 19.1 Å². The van der Waals surface area contributed by atoms with E-state index in [4.69, 9.17) is 5.73 Å². The molecule has 1 aromatic heterocycles. The molecule has 0 unspecified atom stereocenters. The first-order valence-electron chi connectivity index (χ1n) is 8.18. The molecule has 0 atom stereocenters. The lowest BCUT2D eigenvalue weighted by atomic mass is 10.1. The van der Waals surface area contributed by atoms with E-state index in [1.807, 2.05) is 32.6 Å². The van der Waals surface area contributed by atoms with E-state index in [9.17, 15) is 13.2 Å². The van der Waals surface area contributed by atoms with Crippen molar-refractivity contribution in [1.29, 1.82) is 0 Å². The lowest BCUT2D eigenvalue weighted by Crippen LogP contribution is -2.53. The number of hydrogen-bond donors (Lipinski definition) is 1. The monoisotopic (exact) mass is 417 g/mol. The molecule has 1 aliphatic heterocycles. The molecule has 0 amide bonds. The third kappa shape index (κ3) is 7.06. The summed E-state index contributed by atoms with van der Waals surface area (Å²) in [5.41, 5.74) is 5.28. The van der Waals surface area contributed by atoms with Gasteiger partial charge in [-0.15, -0.1) is 24.8 Å². The largest absolute Gasteiger partial charge is 0.433 e. The van der Waals surface area contributed by atoms with Crippen molar-refractivity contribution in [3.8, 4) is 0 Å². The molecule has 152 valence electrons. The zero-order valence-electron chi connectivity index (χ0n) is 15.5. The number of nitrogens with two attached hydrogens (primary N) is 1. The predicted molar refractivity (Wildman–Crippen MR) is 103 cm³/mol. The molecule has 2 heterocycles. The number of nitrogens with zero attached hydrogens (tertiary/aromatic N) is 4. The maximum absolute atomic E-state index is 13.1. The SMILES string of the molecule is CC(C)c1cc(C(F)(F)F)nc(N2CCN(CC(C)(C)N)CC2)n1.Cl.Cl. The maximum atomic E-state index is 13.1. The smallest absolute Gasteiger partial charge is 0.338 e. The summed E-state index contributed by atoms with van der Waals surface area (Å²) in [4.78, 5) is 12.1. The zero-order valence-corrected chi connectivity index (χ0v) is 17.1. The van der Waals surface area contributed by atoms with Gasteiger partial charge >= 0.3 is 6.18 Å². The van der Waals surface area contributed by atoms with E-state index in [2.05, 4.69) is 14.9 Å². The Bertz CT molecular complexity index is 568. The van der Waals surface area contributed by atoms with Crippen LogP contribution < -0.4 is 10.6 Å². The van der Waals surface area contributed by atoms with Gasteiger partial charge in [0.25, 0.3) is 0 Å². The van der Waals surface area contributed by atoms with Crippen molar-refractivity contribution in [1.82, 2.24) is 14.9 Å². The highest BCUT2D eigenvalue weighted by Gasteiger charge is 2.35. The number of alkyl halides is 3. The van der Waals surface area contributed by atoms with E-state index in [1.54, 1.807) is 0 Å². The number of hydrogen-bond acceptors (Lipinski definition) is 5. The van der Waals surface area contributed by atoms with Gasteiger partial charge in [0.05, 0.1) is 0 Å². The minimum atomic E-state index is -4.47. The molecule has 10 heteroatoms. The van der Waals surface area contributed by atoms with Crippen molar-refractivity contribution in [2.75, 3.05) is 37.6 Å². The lowest BCUT2D eigenvalue weighted by molar-refractivity contribution is -0.141. The highest BCUT2D eigenvalue weighted by Crippen LogP contribution is 2.30. The van der Waals surface area contributed by atoms with Crippen molar-refractivity contribution in [2.24, 2.45) is 5.73 Å². The van der Waals surface area contributed by atoms with E-state index in [0.29, 0.717) is 18.8 Å². The van der Waals surface area contributed by atoms with Crippen LogP contribution in [0.1, 0.15) is 45.0 Å². The Labute approximate surface area is 165 Å². The van der Waals surface area contributed by atoms with Gasteiger partial charge < -0.3 is 10.6 Å². The average Bonchev–Trinajstić information content (AvgIpc) is 2.45. The van der Waals surface area contributed by atoms with Crippen LogP contribution in [-0.2, 0) is 6.18 Å². The van der Waals surface area contributed by atoms with Crippen molar-refractivity contribution in [2.45, 2.75) is 45.3 Å². The van der Waals surface area contributed by atoms with Gasteiger partial charge in [-0.25, -0.2) is 9.97 Å². The van der Waals surface area contributed by atoms with Gasteiger partial charge in [0.1, 0.15) is 5.69 Å². The van der Waals surface area contributed by atoms with Crippen LogP contribution in [0.3, 0.4) is 0 Å². The summed E-state index contributed by atoms with van der Waals surface area (Å²) in [5, 5.41) is 0. The Morgan fingerprint density at radius 2 is 1.62 bits per heavy atom. The summed E-state index contributed by atoms with van der Waals surface area (Å²) in [6, 6.07) is 1.04.